The van der Waals surface area contributed by atoms with Gasteiger partial charge in [0.2, 0.25) is 5.91 Å². The molecule has 0 aromatic carbocycles. The van der Waals surface area contributed by atoms with E-state index in [0.717, 1.165) is 38.5 Å². The molecule has 4 heteroatoms. The van der Waals surface area contributed by atoms with Gasteiger partial charge in [-0.15, -0.1) is 0 Å². The SMILES string of the molecule is C1CCCCC1.CCC(C(N)=O)N(CC)CC1CCNCC1. The average molecular weight is 312 g/mol. The minimum Gasteiger partial charge on any atom is -0.368 e. The Morgan fingerprint density at radius 3 is 1.95 bits per heavy atom. The van der Waals surface area contributed by atoms with Crippen molar-refractivity contribution in [2.24, 2.45) is 11.7 Å². The number of amides is 1. The smallest absolute Gasteiger partial charge is 0.234 e. The van der Waals surface area contributed by atoms with Crippen LogP contribution in [0.4, 0.5) is 0 Å². The summed E-state index contributed by atoms with van der Waals surface area (Å²) in [6.07, 6.45) is 12.2. The molecular formula is C18H37N3O. The summed E-state index contributed by atoms with van der Waals surface area (Å²) in [6, 6.07) is -0.0834. The topological polar surface area (TPSA) is 58.4 Å². The van der Waals surface area contributed by atoms with Crippen LogP contribution in [0.1, 0.15) is 71.6 Å². The number of rotatable bonds is 6. The minimum atomic E-state index is -0.182. The lowest BCUT2D eigenvalue weighted by Crippen LogP contribution is -2.47. The van der Waals surface area contributed by atoms with Gasteiger partial charge in [0.15, 0.2) is 0 Å². The van der Waals surface area contributed by atoms with E-state index in [4.69, 9.17) is 5.73 Å². The normalized spacial score (nSPS) is 21.0. The molecule has 1 saturated heterocycles. The van der Waals surface area contributed by atoms with E-state index in [1.807, 2.05) is 6.92 Å². The second-order valence-corrected chi connectivity index (χ2v) is 6.73. The zero-order valence-electron chi connectivity index (χ0n) is 14.8. The van der Waals surface area contributed by atoms with Crippen molar-refractivity contribution in [2.45, 2.75) is 77.7 Å². The number of hydrogen-bond acceptors (Lipinski definition) is 3. The van der Waals surface area contributed by atoms with Gasteiger partial charge in [0.1, 0.15) is 0 Å². The third-order valence-electron chi connectivity index (χ3n) is 5.01. The van der Waals surface area contributed by atoms with Crippen LogP contribution in [0.5, 0.6) is 0 Å². The maximum atomic E-state index is 11.3. The second-order valence-electron chi connectivity index (χ2n) is 6.73. The zero-order valence-corrected chi connectivity index (χ0v) is 14.8. The maximum absolute atomic E-state index is 11.3. The highest BCUT2D eigenvalue weighted by molar-refractivity contribution is 5.79. The highest BCUT2D eigenvalue weighted by Crippen LogP contribution is 2.16. The average Bonchev–Trinajstić information content (AvgIpc) is 2.57. The Bertz CT molecular complexity index is 275. The molecular weight excluding hydrogens is 274 g/mol. The van der Waals surface area contributed by atoms with E-state index in [-0.39, 0.29) is 11.9 Å². The van der Waals surface area contributed by atoms with Gasteiger partial charge in [0.25, 0.3) is 0 Å². The first-order valence-corrected chi connectivity index (χ1v) is 9.43. The molecule has 22 heavy (non-hydrogen) atoms. The van der Waals surface area contributed by atoms with Gasteiger partial charge in [0, 0.05) is 6.54 Å². The van der Waals surface area contributed by atoms with Crippen LogP contribution < -0.4 is 11.1 Å². The molecule has 2 aliphatic rings. The molecule has 1 saturated carbocycles. The molecule has 1 aliphatic heterocycles. The van der Waals surface area contributed by atoms with Crippen LogP contribution in [0.25, 0.3) is 0 Å². The maximum Gasteiger partial charge on any atom is 0.234 e. The summed E-state index contributed by atoms with van der Waals surface area (Å²) in [5.41, 5.74) is 5.44. The number of nitrogens with one attached hydrogen (secondary N) is 1. The first-order chi connectivity index (χ1) is 10.7. The molecule has 1 aliphatic carbocycles. The number of carbonyl (C=O) groups excluding carboxylic acids is 1. The minimum absolute atomic E-state index is 0.0834. The molecule has 1 heterocycles. The molecule has 0 aromatic rings. The van der Waals surface area contributed by atoms with Crippen molar-refractivity contribution >= 4 is 5.91 Å². The number of hydrogen-bond donors (Lipinski definition) is 2. The predicted octanol–water partition coefficient (Wildman–Crippen LogP) is 2.91. The summed E-state index contributed by atoms with van der Waals surface area (Å²) < 4.78 is 0. The Hall–Kier alpha value is -0.610. The second kappa shape index (κ2) is 11.9. The molecule has 0 bridgehead atoms. The molecule has 0 spiro atoms. The van der Waals surface area contributed by atoms with E-state index < -0.39 is 0 Å². The monoisotopic (exact) mass is 311 g/mol. The largest absolute Gasteiger partial charge is 0.368 e. The molecule has 2 rings (SSSR count). The van der Waals surface area contributed by atoms with E-state index in [1.54, 1.807) is 0 Å². The van der Waals surface area contributed by atoms with Gasteiger partial charge in [-0.3, -0.25) is 9.69 Å². The van der Waals surface area contributed by atoms with E-state index in [9.17, 15) is 4.79 Å². The van der Waals surface area contributed by atoms with E-state index >= 15 is 0 Å². The van der Waals surface area contributed by atoms with Crippen LogP contribution in [0.2, 0.25) is 0 Å². The van der Waals surface area contributed by atoms with Crippen LogP contribution in [-0.2, 0) is 4.79 Å². The summed E-state index contributed by atoms with van der Waals surface area (Å²) in [7, 11) is 0. The number of primary amides is 1. The molecule has 1 atom stereocenters. The summed E-state index contributed by atoms with van der Waals surface area (Å²) in [5, 5.41) is 3.36. The lowest BCUT2D eigenvalue weighted by atomic mass is 9.96. The summed E-state index contributed by atoms with van der Waals surface area (Å²) in [6.45, 7) is 8.27. The van der Waals surface area contributed by atoms with Crippen molar-refractivity contribution in [2.75, 3.05) is 26.2 Å². The summed E-state index contributed by atoms with van der Waals surface area (Å²) >= 11 is 0. The number of piperidine rings is 1. The Morgan fingerprint density at radius 1 is 1.09 bits per heavy atom. The van der Waals surface area contributed by atoms with Gasteiger partial charge in [-0.1, -0.05) is 52.4 Å². The van der Waals surface area contributed by atoms with Crippen molar-refractivity contribution in [1.29, 1.82) is 0 Å². The number of likely N-dealkylation sites (N-methyl/N-ethyl adjacent to an activating group) is 1. The molecule has 2 fully saturated rings. The first-order valence-electron chi connectivity index (χ1n) is 9.43. The number of nitrogens with two attached hydrogens (primary N) is 1. The number of carbonyl (C=O) groups is 1. The molecule has 3 N–H and O–H groups in total. The molecule has 4 nitrogen and oxygen atoms in total. The molecule has 1 unspecified atom stereocenters. The van der Waals surface area contributed by atoms with Crippen LogP contribution in [0, 0.1) is 5.92 Å². The Balaban J connectivity index is 0.000000335. The number of nitrogens with zero attached hydrogens (tertiary/aromatic N) is 1. The van der Waals surface area contributed by atoms with E-state index in [2.05, 4.69) is 17.1 Å². The fourth-order valence-corrected chi connectivity index (χ4v) is 3.57. The van der Waals surface area contributed by atoms with Gasteiger partial charge in [-0.2, -0.15) is 0 Å². The van der Waals surface area contributed by atoms with Gasteiger partial charge in [-0.25, -0.2) is 0 Å². The van der Waals surface area contributed by atoms with Gasteiger partial charge in [-0.05, 0) is 44.8 Å². The molecule has 0 aromatic heterocycles. The third kappa shape index (κ3) is 7.59. The van der Waals surface area contributed by atoms with E-state index in [1.165, 1.54) is 51.4 Å². The van der Waals surface area contributed by atoms with Crippen molar-refractivity contribution in [3.05, 3.63) is 0 Å². The molecule has 1 amide bonds. The lowest BCUT2D eigenvalue weighted by molar-refractivity contribution is -0.123. The van der Waals surface area contributed by atoms with Crippen molar-refractivity contribution in [1.82, 2.24) is 10.2 Å². The molecule has 130 valence electrons. The standard InChI is InChI=1S/C12H25N3O.C6H12/c1-3-11(12(13)16)15(4-2)9-10-5-7-14-8-6-10;1-2-4-6-5-3-1/h10-11,14H,3-9H2,1-2H3,(H2,13,16);1-6H2. The summed E-state index contributed by atoms with van der Waals surface area (Å²) in [4.78, 5) is 13.6. The Morgan fingerprint density at radius 2 is 1.59 bits per heavy atom. The van der Waals surface area contributed by atoms with Crippen molar-refractivity contribution in [3.63, 3.8) is 0 Å². The van der Waals surface area contributed by atoms with Gasteiger partial charge < -0.3 is 11.1 Å². The molecule has 0 radical (unpaired) electrons. The van der Waals surface area contributed by atoms with Gasteiger partial charge in [0.05, 0.1) is 6.04 Å². The Labute approximate surface area is 137 Å². The highest BCUT2D eigenvalue weighted by atomic mass is 16.1. The fraction of sp³-hybridized carbons (Fsp3) is 0.944. The Kier molecular flexibility index (Phi) is 10.5. The highest BCUT2D eigenvalue weighted by Gasteiger charge is 2.24. The van der Waals surface area contributed by atoms with Crippen LogP contribution in [0.3, 0.4) is 0 Å². The zero-order chi connectivity index (χ0) is 16.2. The van der Waals surface area contributed by atoms with Crippen LogP contribution >= 0.6 is 0 Å². The first kappa shape index (κ1) is 19.4. The summed E-state index contributed by atoms with van der Waals surface area (Å²) in [5.74, 6) is 0.535. The lowest BCUT2D eigenvalue weighted by Gasteiger charge is -2.33. The van der Waals surface area contributed by atoms with E-state index in [0.29, 0.717) is 0 Å². The van der Waals surface area contributed by atoms with Crippen LogP contribution in [-0.4, -0.2) is 43.0 Å². The fourth-order valence-electron chi connectivity index (χ4n) is 3.57. The van der Waals surface area contributed by atoms with Crippen molar-refractivity contribution < 1.29 is 4.79 Å². The quantitative estimate of drug-likeness (QED) is 0.793. The predicted molar refractivity (Wildman–Crippen MR) is 93.8 cm³/mol. The van der Waals surface area contributed by atoms with Gasteiger partial charge >= 0.3 is 0 Å². The third-order valence-corrected chi connectivity index (χ3v) is 5.01. The van der Waals surface area contributed by atoms with Crippen LogP contribution in [0.15, 0.2) is 0 Å². The van der Waals surface area contributed by atoms with Crippen molar-refractivity contribution in [3.8, 4) is 0 Å².